The second-order valence-electron chi connectivity index (χ2n) is 5.42. The molecule has 0 radical (unpaired) electrons. The van der Waals surface area contributed by atoms with Crippen molar-refractivity contribution in [1.29, 1.82) is 0 Å². The Morgan fingerprint density at radius 1 is 1.26 bits per heavy atom. The van der Waals surface area contributed by atoms with Crippen molar-refractivity contribution in [2.75, 3.05) is 19.4 Å². The van der Waals surface area contributed by atoms with E-state index < -0.39 is 18.8 Å². The van der Waals surface area contributed by atoms with E-state index in [1.54, 1.807) is 24.0 Å². The molecule has 0 saturated carbocycles. The summed E-state index contributed by atoms with van der Waals surface area (Å²) in [6, 6.07) is 5.43. The molecule has 10 heteroatoms. The van der Waals surface area contributed by atoms with Crippen molar-refractivity contribution in [3.8, 4) is 0 Å². The molecule has 0 aliphatic rings. The van der Waals surface area contributed by atoms with Gasteiger partial charge in [0.25, 0.3) is 5.69 Å². The number of rotatable bonds is 9. The van der Waals surface area contributed by atoms with Gasteiger partial charge in [0, 0.05) is 37.3 Å². The number of hydrogen-bond acceptors (Lipinski definition) is 6. The monoisotopic (exact) mass is 346 g/mol. The van der Waals surface area contributed by atoms with Crippen LogP contribution in [0.5, 0.6) is 0 Å². The van der Waals surface area contributed by atoms with E-state index >= 15 is 0 Å². The molecule has 0 aliphatic carbocycles. The van der Waals surface area contributed by atoms with Crippen LogP contribution in [0.15, 0.2) is 24.3 Å². The molecule has 1 rings (SSSR count). The first kappa shape index (κ1) is 19.7. The van der Waals surface area contributed by atoms with Gasteiger partial charge in [-0.1, -0.05) is 12.1 Å². The minimum absolute atomic E-state index is 0.0135. The lowest BCUT2D eigenvalue weighted by atomic mass is 10.0. The minimum atomic E-state index is -4.26. The molecule has 0 fully saturated rings. The van der Waals surface area contributed by atoms with Crippen LogP contribution in [0.25, 0.3) is 0 Å². The van der Waals surface area contributed by atoms with Crippen molar-refractivity contribution in [1.82, 2.24) is 4.90 Å². The highest BCUT2D eigenvalue weighted by molar-refractivity contribution is 7.51. The molecule has 1 aromatic rings. The van der Waals surface area contributed by atoms with Crippen LogP contribution in [0.1, 0.15) is 12.5 Å². The van der Waals surface area contributed by atoms with Gasteiger partial charge in [-0.25, -0.2) is 0 Å². The molecule has 0 aromatic heterocycles. The van der Waals surface area contributed by atoms with Gasteiger partial charge in [-0.15, -0.1) is 0 Å². The van der Waals surface area contributed by atoms with Crippen molar-refractivity contribution in [3.05, 3.63) is 39.9 Å². The molecule has 0 bridgehead atoms. The lowest BCUT2D eigenvalue weighted by Gasteiger charge is -2.35. The van der Waals surface area contributed by atoms with Crippen LogP contribution in [0.4, 0.5) is 5.69 Å². The standard InChI is InChI=1S/C13H23N4O5P/c1-10(7-14)16(9-23(20,21)22)13(8-15)6-11-2-4-12(5-3-11)17(18)19/h2-5,10,13H,6-9,14-15H2,1H3,(H2,20,21,22)/t10-,13+/m1/s1. The average molecular weight is 346 g/mol. The zero-order valence-electron chi connectivity index (χ0n) is 12.9. The first-order valence-corrected chi connectivity index (χ1v) is 8.91. The van der Waals surface area contributed by atoms with Crippen molar-refractivity contribution < 1.29 is 19.3 Å². The third kappa shape index (κ3) is 6.34. The van der Waals surface area contributed by atoms with Crippen molar-refractivity contribution in [2.45, 2.75) is 25.4 Å². The van der Waals surface area contributed by atoms with Gasteiger partial charge in [-0.2, -0.15) is 0 Å². The fourth-order valence-corrected chi connectivity index (χ4v) is 3.26. The van der Waals surface area contributed by atoms with Gasteiger partial charge >= 0.3 is 7.60 Å². The average Bonchev–Trinajstić information content (AvgIpc) is 2.49. The Labute approximate surface area is 134 Å². The van der Waals surface area contributed by atoms with Gasteiger partial charge in [0.15, 0.2) is 0 Å². The number of benzene rings is 1. The van der Waals surface area contributed by atoms with Crippen LogP contribution in [-0.4, -0.2) is 51.1 Å². The van der Waals surface area contributed by atoms with Gasteiger partial charge in [0.1, 0.15) is 6.29 Å². The maximum Gasteiger partial charge on any atom is 0.339 e. The molecule has 0 aliphatic heterocycles. The Hall–Kier alpha value is -1.35. The lowest BCUT2D eigenvalue weighted by Crippen LogP contribution is -2.49. The summed E-state index contributed by atoms with van der Waals surface area (Å²) in [5, 5.41) is 10.7. The Morgan fingerprint density at radius 2 is 1.83 bits per heavy atom. The molecule has 2 atom stereocenters. The maximum absolute atomic E-state index is 11.4. The van der Waals surface area contributed by atoms with E-state index in [-0.39, 0.29) is 30.9 Å². The summed E-state index contributed by atoms with van der Waals surface area (Å²) in [4.78, 5) is 30.3. The molecule has 0 heterocycles. The molecule has 0 spiro atoms. The molecular formula is C13H23N4O5P. The summed E-state index contributed by atoms with van der Waals surface area (Å²) in [7, 11) is -4.26. The molecule has 0 amide bonds. The Bertz CT molecular complexity index is 562. The van der Waals surface area contributed by atoms with E-state index in [0.717, 1.165) is 5.56 Å². The molecular weight excluding hydrogens is 323 g/mol. The van der Waals surface area contributed by atoms with Crippen LogP contribution in [0, 0.1) is 10.1 Å². The second-order valence-corrected chi connectivity index (χ2v) is 7.03. The Morgan fingerprint density at radius 3 is 2.22 bits per heavy atom. The number of nitro benzene ring substituents is 1. The van der Waals surface area contributed by atoms with Crippen LogP contribution in [-0.2, 0) is 11.0 Å². The smallest absolute Gasteiger partial charge is 0.329 e. The summed E-state index contributed by atoms with van der Waals surface area (Å²) < 4.78 is 11.4. The molecule has 0 saturated heterocycles. The van der Waals surface area contributed by atoms with Gasteiger partial charge < -0.3 is 21.3 Å². The summed E-state index contributed by atoms with van der Waals surface area (Å²) in [6.07, 6.45) is -0.0148. The van der Waals surface area contributed by atoms with E-state index in [2.05, 4.69) is 0 Å². The number of hydrogen-bond donors (Lipinski definition) is 4. The van der Waals surface area contributed by atoms with Gasteiger partial charge in [0.05, 0.1) is 4.92 Å². The van der Waals surface area contributed by atoms with Crippen LogP contribution < -0.4 is 11.5 Å². The molecule has 1 aromatic carbocycles. The summed E-state index contributed by atoms with van der Waals surface area (Å²) in [5.74, 6) is 0. The molecule has 130 valence electrons. The third-order valence-corrected chi connectivity index (χ3v) is 4.31. The highest BCUT2D eigenvalue weighted by Gasteiger charge is 2.28. The summed E-state index contributed by atoms with van der Waals surface area (Å²) in [5.41, 5.74) is 12.2. The van der Waals surface area contributed by atoms with E-state index in [1.165, 1.54) is 12.1 Å². The second kappa shape index (κ2) is 8.49. The first-order chi connectivity index (χ1) is 10.7. The van der Waals surface area contributed by atoms with Gasteiger partial charge in [0.2, 0.25) is 0 Å². The third-order valence-electron chi connectivity index (χ3n) is 3.61. The van der Waals surface area contributed by atoms with Crippen LogP contribution in [0.2, 0.25) is 0 Å². The lowest BCUT2D eigenvalue weighted by molar-refractivity contribution is -0.384. The van der Waals surface area contributed by atoms with E-state index in [0.29, 0.717) is 6.42 Å². The highest BCUT2D eigenvalue weighted by Crippen LogP contribution is 2.36. The fourth-order valence-electron chi connectivity index (χ4n) is 2.32. The van der Waals surface area contributed by atoms with E-state index in [9.17, 15) is 24.5 Å². The van der Waals surface area contributed by atoms with E-state index in [1.807, 2.05) is 0 Å². The summed E-state index contributed by atoms with van der Waals surface area (Å²) >= 11 is 0. The largest absolute Gasteiger partial charge is 0.339 e. The quantitative estimate of drug-likeness (QED) is 0.281. The van der Waals surface area contributed by atoms with Gasteiger partial charge in [-0.3, -0.25) is 19.6 Å². The molecule has 23 heavy (non-hydrogen) atoms. The zero-order chi connectivity index (χ0) is 17.6. The van der Waals surface area contributed by atoms with Crippen molar-refractivity contribution in [2.24, 2.45) is 11.5 Å². The zero-order valence-corrected chi connectivity index (χ0v) is 13.8. The van der Waals surface area contributed by atoms with Crippen molar-refractivity contribution >= 4 is 13.3 Å². The fraction of sp³-hybridized carbons (Fsp3) is 0.538. The minimum Gasteiger partial charge on any atom is -0.329 e. The first-order valence-electron chi connectivity index (χ1n) is 7.11. The number of nitro groups is 1. The predicted molar refractivity (Wildman–Crippen MR) is 86.9 cm³/mol. The highest BCUT2D eigenvalue weighted by atomic mass is 31.2. The molecule has 0 unspecified atom stereocenters. The van der Waals surface area contributed by atoms with Crippen LogP contribution >= 0.6 is 7.60 Å². The normalized spacial score (nSPS) is 14.7. The topological polar surface area (TPSA) is 156 Å². The Kier molecular flexibility index (Phi) is 7.27. The van der Waals surface area contributed by atoms with Crippen molar-refractivity contribution in [3.63, 3.8) is 0 Å². The van der Waals surface area contributed by atoms with E-state index in [4.69, 9.17) is 11.5 Å². The number of nitrogens with two attached hydrogens (primary N) is 2. The SMILES string of the molecule is C[C@H](CN)N(CP(=O)(O)O)[C@H](CN)Cc1ccc([N+](=O)[O-])cc1. The van der Waals surface area contributed by atoms with Crippen LogP contribution in [0.3, 0.4) is 0 Å². The Balaban J connectivity index is 2.93. The maximum atomic E-state index is 11.4. The molecule has 6 N–H and O–H groups in total. The number of non-ortho nitro benzene ring substituents is 1. The summed E-state index contributed by atoms with van der Waals surface area (Å²) in [6.45, 7) is 2.19. The predicted octanol–water partition coefficient (Wildman–Crippen LogP) is 0.249. The number of nitrogens with zero attached hydrogens (tertiary/aromatic N) is 2. The molecule has 9 nitrogen and oxygen atoms in total. The van der Waals surface area contributed by atoms with Gasteiger partial charge in [-0.05, 0) is 18.9 Å².